The maximum Gasteiger partial charge on any atom is 0.251 e. The number of carbonyl (C=O) groups excluding carboxylic acids is 1. The molecule has 0 bridgehead atoms. The summed E-state index contributed by atoms with van der Waals surface area (Å²) in [6.45, 7) is 1.60. The number of benzene rings is 1. The zero-order valence-electron chi connectivity index (χ0n) is 11.9. The third kappa shape index (κ3) is 4.62. The van der Waals surface area contributed by atoms with Crippen LogP contribution in [0.2, 0.25) is 0 Å². The topological polar surface area (TPSA) is 64.4 Å². The van der Waals surface area contributed by atoms with E-state index in [1.807, 2.05) is 18.2 Å². The summed E-state index contributed by atoms with van der Waals surface area (Å²) < 4.78 is 5.78. The first kappa shape index (κ1) is 15.0. The van der Waals surface area contributed by atoms with Crippen LogP contribution >= 0.6 is 0 Å². The molecule has 110 valence electrons. The molecule has 1 aromatic carbocycles. The summed E-state index contributed by atoms with van der Waals surface area (Å²) in [7, 11) is 0. The number of hydrogen-bond acceptors (Lipinski definition) is 3. The largest absolute Gasteiger partial charge is 0.376 e. The number of ether oxygens (including phenoxy) is 1. The molecule has 4 heteroatoms. The molecule has 0 radical (unpaired) electrons. The van der Waals surface area contributed by atoms with Crippen LogP contribution in [0.1, 0.15) is 48.0 Å². The molecular formula is C16H24N2O2. The molecule has 0 unspecified atom stereocenters. The maximum absolute atomic E-state index is 12.0. The van der Waals surface area contributed by atoms with Gasteiger partial charge in [0.15, 0.2) is 0 Å². The Hall–Kier alpha value is -1.39. The van der Waals surface area contributed by atoms with Gasteiger partial charge in [0.2, 0.25) is 0 Å². The lowest BCUT2D eigenvalue weighted by Gasteiger charge is -2.22. The Balaban J connectivity index is 1.69. The quantitative estimate of drug-likeness (QED) is 0.783. The number of hydrogen-bond donors (Lipinski definition) is 2. The third-order valence-electron chi connectivity index (χ3n) is 3.72. The number of nitrogens with one attached hydrogen (secondary N) is 1. The normalized spacial score (nSPS) is 16.1. The minimum Gasteiger partial charge on any atom is -0.376 e. The van der Waals surface area contributed by atoms with E-state index in [4.69, 9.17) is 10.5 Å². The van der Waals surface area contributed by atoms with Gasteiger partial charge in [-0.2, -0.15) is 0 Å². The fourth-order valence-electron chi connectivity index (χ4n) is 2.56. The molecule has 4 nitrogen and oxygen atoms in total. The molecule has 1 fully saturated rings. The van der Waals surface area contributed by atoms with Gasteiger partial charge in [-0.25, -0.2) is 0 Å². The van der Waals surface area contributed by atoms with Crippen molar-refractivity contribution < 1.29 is 9.53 Å². The van der Waals surface area contributed by atoms with Crippen molar-refractivity contribution in [3.05, 3.63) is 35.4 Å². The highest BCUT2D eigenvalue weighted by atomic mass is 16.5. The second-order valence-corrected chi connectivity index (χ2v) is 5.29. The highest BCUT2D eigenvalue weighted by molar-refractivity contribution is 5.94. The molecule has 0 spiro atoms. The van der Waals surface area contributed by atoms with Crippen molar-refractivity contribution in [1.82, 2.24) is 5.32 Å². The Morgan fingerprint density at radius 1 is 1.30 bits per heavy atom. The van der Waals surface area contributed by atoms with Crippen LogP contribution in [0.15, 0.2) is 24.3 Å². The van der Waals surface area contributed by atoms with Gasteiger partial charge in [0.1, 0.15) is 0 Å². The molecule has 0 heterocycles. The molecule has 2 rings (SSSR count). The smallest absolute Gasteiger partial charge is 0.251 e. The van der Waals surface area contributed by atoms with Crippen molar-refractivity contribution >= 4 is 5.91 Å². The van der Waals surface area contributed by atoms with Crippen LogP contribution < -0.4 is 11.1 Å². The highest BCUT2D eigenvalue weighted by Gasteiger charge is 2.13. The minimum atomic E-state index is -0.0625. The molecule has 0 aromatic heterocycles. The van der Waals surface area contributed by atoms with Crippen LogP contribution in [0.25, 0.3) is 0 Å². The molecule has 1 aromatic rings. The first-order valence-electron chi connectivity index (χ1n) is 7.48. The van der Waals surface area contributed by atoms with Crippen molar-refractivity contribution in [2.75, 3.05) is 13.2 Å². The zero-order chi connectivity index (χ0) is 14.2. The summed E-state index contributed by atoms with van der Waals surface area (Å²) in [5, 5.41) is 2.89. The second-order valence-electron chi connectivity index (χ2n) is 5.29. The van der Waals surface area contributed by atoms with Crippen LogP contribution in [-0.2, 0) is 11.3 Å². The number of carbonyl (C=O) groups is 1. The summed E-state index contributed by atoms with van der Waals surface area (Å²) in [5.74, 6) is -0.0625. The van der Waals surface area contributed by atoms with Crippen molar-refractivity contribution in [1.29, 1.82) is 0 Å². The highest BCUT2D eigenvalue weighted by Crippen LogP contribution is 2.19. The van der Waals surface area contributed by atoms with Crippen LogP contribution in [0, 0.1) is 0 Å². The SMILES string of the molecule is NCc1cccc(C(=O)NCCOC2CCCCC2)c1. The predicted molar refractivity (Wildman–Crippen MR) is 79.5 cm³/mol. The Labute approximate surface area is 120 Å². The van der Waals surface area contributed by atoms with Crippen molar-refractivity contribution in [3.8, 4) is 0 Å². The van der Waals surface area contributed by atoms with Gasteiger partial charge in [-0.15, -0.1) is 0 Å². The van der Waals surface area contributed by atoms with E-state index in [9.17, 15) is 4.79 Å². The van der Waals surface area contributed by atoms with E-state index in [2.05, 4.69) is 5.32 Å². The van der Waals surface area contributed by atoms with Crippen LogP contribution in [-0.4, -0.2) is 25.2 Å². The fourth-order valence-corrected chi connectivity index (χ4v) is 2.56. The molecule has 1 aliphatic carbocycles. The third-order valence-corrected chi connectivity index (χ3v) is 3.72. The molecule has 1 aliphatic rings. The Kier molecular flexibility index (Phi) is 6.02. The monoisotopic (exact) mass is 276 g/mol. The summed E-state index contributed by atoms with van der Waals surface area (Å²) >= 11 is 0. The van der Waals surface area contributed by atoms with Crippen molar-refractivity contribution in [3.63, 3.8) is 0 Å². The Morgan fingerprint density at radius 3 is 2.85 bits per heavy atom. The van der Waals surface area contributed by atoms with E-state index >= 15 is 0 Å². The molecule has 20 heavy (non-hydrogen) atoms. The minimum absolute atomic E-state index is 0.0625. The average Bonchev–Trinajstić information content (AvgIpc) is 2.52. The van der Waals surface area contributed by atoms with Gasteiger partial charge in [-0.1, -0.05) is 31.4 Å². The summed E-state index contributed by atoms with van der Waals surface area (Å²) in [4.78, 5) is 12.0. The lowest BCUT2D eigenvalue weighted by atomic mass is 9.98. The van der Waals surface area contributed by atoms with Gasteiger partial charge in [-0.05, 0) is 30.5 Å². The molecule has 0 saturated heterocycles. The average molecular weight is 276 g/mol. The lowest BCUT2D eigenvalue weighted by molar-refractivity contribution is 0.0299. The maximum atomic E-state index is 12.0. The number of amides is 1. The lowest BCUT2D eigenvalue weighted by Crippen LogP contribution is -2.29. The summed E-state index contributed by atoms with van der Waals surface area (Å²) in [6, 6.07) is 7.41. The van der Waals surface area contributed by atoms with Gasteiger partial charge < -0.3 is 15.8 Å². The fraction of sp³-hybridized carbons (Fsp3) is 0.562. The van der Waals surface area contributed by atoms with E-state index in [0.717, 1.165) is 18.4 Å². The standard InChI is InChI=1S/C16H24N2O2/c17-12-13-5-4-6-14(11-13)16(19)18-9-10-20-15-7-2-1-3-8-15/h4-6,11,15H,1-3,7-10,12,17H2,(H,18,19). The van der Waals surface area contributed by atoms with E-state index in [1.165, 1.54) is 19.3 Å². The van der Waals surface area contributed by atoms with Gasteiger partial charge in [-0.3, -0.25) is 4.79 Å². The van der Waals surface area contributed by atoms with Crippen molar-refractivity contribution in [2.45, 2.75) is 44.8 Å². The first-order chi connectivity index (χ1) is 9.79. The summed E-state index contributed by atoms with van der Waals surface area (Å²) in [5.41, 5.74) is 7.20. The number of nitrogens with two attached hydrogens (primary N) is 1. The van der Waals surface area contributed by atoms with Crippen molar-refractivity contribution in [2.24, 2.45) is 5.73 Å². The molecule has 1 amide bonds. The van der Waals surface area contributed by atoms with E-state index < -0.39 is 0 Å². The van der Waals surface area contributed by atoms with E-state index in [0.29, 0.717) is 31.4 Å². The molecule has 0 aliphatic heterocycles. The van der Waals surface area contributed by atoms with Gasteiger partial charge in [0.05, 0.1) is 12.7 Å². The molecule has 3 N–H and O–H groups in total. The van der Waals surface area contributed by atoms with Gasteiger partial charge in [0, 0.05) is 18.7 Å². The number of rotatable bonds is 6. The van der Waals surface area contributed by atoms with E-state index in [1.54, 1.807) is 6.07 Å². The molecular weight excluding hydrogens is 252 g/mol. The molecule has 0 atom stereocenters. The van der Waals surface area contributed by atoms with Crippen LogP contribution in [0.3, 0.4) is 0 Å². The first-order valence-corrected chi connectivity index (χ1v) is 7.48. The molecule has 1 saturated carbocycles. The van der Waals surface area contributed by atoms with Gasteiger partial charge >= 0.3 is 0 Å². The summed E-state index contributed by atoms with van der Waals surface area (Å²) in [6.07, 6.45) is 6.57. The Bertz CT molecular complexity index is 428. The van der Waals surface area contributed by atoms with Crippen LogP contribution in [0.5, 0.6) is 0 Å². The second kappa shape index (κ2) is 8.02. The Morgan fingerprint density at radius 2 is 2.10 bits per heavy atom. The van der Waals surface area contributed by atoms with E-state index in [-0.39, 0.29) is 5.91 Å². The van der Waals surface area contributed by atoms with Gasteiger partial charge in [0.25, 0.3) is 5.91 Å². The predicted octanol–water partition coefficient (Wildman–Crippen LogP) is 2.22. The van der Waals surface area contributed by atoms with Crippen LogP contribution in [0.4, 0.5) is 0 Å². The zero-order valence-corrected chi connectivity index (χ0v) is 11.9.